The van der Waals surface area contributed by atoms with Crippen molar-refractivity contribution in [3.63, 3.8) is 0 Å². The molecule has 39 heavy (non-hydrogen) atoms. The zero-order valence-electron chi connectivity index (χ0n) is 23.6. The first-order valence-corrected chi connectivity index (χ1v) is 14.4. The number of rotatable bonds is 11. The smallest absolute Gasteiger partial charge is 0.254 e. The third kappa shape index (κ3) is 6.86. The van der Waals surface area contributed by atoms with Crippen molar-refractivity contribution in [3.8, 4) is 11.3 Å². The monoisotopic (exact) mass is 519 g/mol. The van der Waals surface area contributed by atoms with E-state index in [0.29, 0.717) is 6.54 Å². The Morgan fingerprint density at radius 2 is 1.51 bits per heavy atom. The number of unbranched alkanes of at least 4 members (excludes halogenated alkanes) is 1. The molecule has 0 aliphatic heterocycles. The van der Waals surface area contributed by atoms with Crippen molar-refractivity contribution in [1.82, 2.24) is 14.5 Å². The highest BCUT2D eigenvalue weighted by Crippen LogP contribution is 2.40. The van der Waals surface area contributed by atoms with Crippen molar-refractivity contribution in [1.29, 1.82) is 0 Å². The molecule has 1 saturated carbocycles. The Bertz CT molecular complexity index is 1340. The topological polar surface area (TPSA) is 38.1 Å². The van der Waals surface area contributed by atoms with Gasteiger partial charge in [0.2, 0.25) is 0 Å². The molecule has 1 fully saturated rings. The number of benzene rings is 3. The van der Waals surface area contributed by atoms with Gasteiger partial charge in [0.25, 0.3) is 5.91 Å². The summed E-state index contributed by atoms with van der Waals surface area (Å²) in [6.07, 6.45) is 8.34. The molecule has 1 atom stereocenters. The Labute approximate surface area is 233 Å². The van der Waals surface area contributed by atoms with Crippen LogP contribution in [0.3, 0.4) is 0 Å². The fraction of sp³-hybridized carbons (Fsp3) is 0.371. The van der Waals surface area contributed by atoms with E-state index in [2.05, 4.69) is 85.0 Å². The van der Waals surface area contributed by atoms with Crippen LogP contribution in [0.4, 0.5) is 0 Å². The van der Waals surface area contributed by atoms with Crippen molar-refractivity contribution < 1.29 is 4.79 Å². The van der Waals surface area contributed by atoms with E-state index < -0.39 is 0 Å². The van der Waals surface area contributed by atoms with Gasteiger partial charge in [0, 0.05) is 30.4 Å². The average molecular weight is 520 g/mol. The molecule has 0 spiro atoms. The lowest BCUT2D eigenvalue weighted by molar-refractivity contribution is 0.0477. The molecule has 0 radical (unpaired) electrons. The van der Waals surface area contributed by atoms with E-state index >= 15 is 0 Å². The first kappa shape index (κ1) is 26.9. The molecule has 1 aliphatic rings. The average Bonchev–Trinajstić information content (AvgIpc) is 3.69. The molecular formula is C35H41N3O. The zero-order chi connectivity index (χ0) is 27.2. The lowest BCUT2D eigenvalue weighted by atomic mass is 9.84. The van der Waals surface area contributed by atoms with Crippen LogP contribution >= 0.6 is 0 Å². The van der Waals surface area contributed by atoms with Crippen molar-refractivity contribution in [2.45, 2.75) is 65.5 Å². The molecule has 1 aliphatic carbocycles. The molecule has 4 heteroatoms. The largest absolute Gasteiger partial charge is 0.328 e. The second kappa shape index (κ2) is 12.0. The summed E-state index contributed by atoms with van der Waals surface area (Å²) in [7, 11) is 0. The minimum Gasteiger partial charge on any atom is -0.328 e. The molecule has 0 saturated heterocycles. The summed E-state index contributed by atoms with van der Waals surface area (Å²) in [4.78, 5) is 21.6. The Balaban J connectivity index is 1.57. The molecule has 0 bridgehead atoms. The first-order valence-electron chi connectivity index (χ1n) is 14.4. The van der Waals surface area contributed by atoms with Crippen molar-refractivity contribution in [3.05, 3.63) is 114 Å². The van der Waals surface area contributed by atoms with Gasteiger partial charge in [-0.2, -0.15) is 0 Å². The Morgan fingerprint density at radius 3 is 2.13 bits per heavy atom. The second-order valence-electron chi connectivity index (χ2n) is 12.0. The predicted octanol–water partition coefficient (Wildman–Crippen LogP) is 8.41. The van der Waals surface area contributed by atoms with Crippen LogP contribution in [0.2, 0.25) is 0 Å². The highest BCUT2D eigenvalue weighted by molar-refractivity contribution is 5.94. The Kier molecular flexibility index (Phi) is 8.30. The molecule has 1 amide bonds. The summed E-state index contributed by atoms with van der Waals surface area (Å²) in [5.74, 6) is 1.93. The fourth-order valence-corrected chi connectivity index (χ4v) is 5.51. The van der Waals surface area contributed by atoms with Crippen molar-refractivity contribution in [2.24, 2.45) is 11.3 Å². The second-order valence-corrected chi connectivity index (χ2v) is 12.0. The molecule has 202 valence electrons. The summed E-state index contributed by atoms with van der Waals surface area (Å²) >= 11 is 0. The van der Waals surface area contributed by atoms with Gasteiger partial charge in [-0.15, -0.1) is 0 Å². The molecule has 1 heterocycles. The van der Waals surface area contributed by atoms with Gasteiger partial charge in [-0.3, -0.25) is 4.79 Å². The number of hydrogen-bond donors (Lipinski definition) is 0. The molecular weight excluding hydrogens is 478 g/mol. The minimum absolute atomic E-state index is 0.0810. The number of hydrogen-bond acceptors (Lipinski definition) is 2. The number of imidazole rings is 1. The maximum Gasteiger partial charge on any atom is 0.254 e. The van der Waals surface area contributed by atoms with Gasteiger partial charge in [0.1, 0.15) is 5.82 Å². The zero-order valence-corrected chi connectivity index (χ0v) is 23.6. The van der Waals surface area contributed by atoms with Crippen LogP contribution in [0.25, 0.3) is 11.3 Å². The van der Waals surface area contributed by atoms with Gasteiger partial charge in [-0.05, 0) is 35.4 Å². The summed E-state index contributed by atoms with van der Waals surface area (Å²) in [6.45, 7) is 8.13. The number of nitrogens with zero attached hydrogens (tertiary/aromatic N) is 3. The SMILES string of the molecule is CC(C)(C)[C@H](c1nc(-c2ccccc2)cn1Cc1ccccc1)N(CCCCC1CC1)C(=O)c1ccccc1. The molecule has 4 nitrogen and oxygen atoms in total. The van der Waals surface area contributed by atoms with Crippen LogP contribution in [0.15, 0.2) is 97.2 Å². The van der Waals surface area contributed by atoms with Gasteiger partial charge in [-0.25, -0.2) is 4.98 Å². The third-order valence-corrected chi connectivity index (χ3v) is 7.69. The van der Waals surface area contributed by atoms with Gasteiger partial charge in [-0.1, -0.05) is 125 Å². The van der Waals surface area contributed by atoms with E-state index in [1.165, 1.54) is 24.8 Å². The maximum absolute atomic E-state index is 14.2. The normalized spacial score (nSPS) is 14.2. The van der Waals surface area contributed by atoms with Gasteiger partial charge in [0.05, 0.1) is 11.7 Å². The quantitative estimate of drug-likeness (QED) is 0.187. The Morgan fingerprint density at radius 1 is 0.897 bits per heavy atom. The molecule has 1 aromatic heterocycles. The molecule has 0 N–H and O–H groups in total. The number of amides is 1. The summed E-state index contributed by atoms with van der Waals surface area (Å²) < 4.78 is 2.27. The Hall–Kier alpha value is -3.66. The summed E-state index contributed by atoms with van der Waals surface area (Å²) in [5, 5.41) is 0. The van der Waals surface area contributed by atoms with E-state index in [9.17, 15) is 4.79 Å². The van der Waals surface area contributed by atoms with E-state index in [0.717, 1.165) is 47.9 Å². The molecule has 3 aromatic carbocycles. The lowest BCUT2D eigenvalue weighted by Crippen LogP contribution is -2.43. The minimum atomic E-state index is -0.227. The first-order chi connectivity index (χ1) is 18.9. The number of aromatic nitrogens is 2. The fourth-order valence-electron chi connectivity index (χ4n) is 5.51. The van der Waals surface area contributed by atoms with Gasteiger partial charge >= 0.3 is 0 Å². The van der Waals surface area contributed by atoms with E-state index in [1.54, 1.807) is 0 Å². The van der Waals surface area contributed by atoms with E-state index in [4.69, 9.17) is 4.98 Å². The van der Waals surface area contributed by atoms with E-state index in [1.807, 2.05) is 42.5 Å². The predicted molar refractivity (Wildman–Crippen MR) is 159 cm³/mol. The van der Waals surface area contributed by atoms with Gasteiger partial charge in [0.15, 0.2) is 0 Å². The standard InChI is InChI=1S/C35H41N3O/c1-35(2,3)32(38(24-14-13-15-27-22-23-27)34(39)30-20-11-6-12-21-30)33-36-31(29-18-9-5-10-19-29)26-37(33)25-28-16-7-4-8-17-28/h4-12,16-21,26-27,32H,13-15,22-25H2,1-3H3/t32-/m0/s1. The van der Waals surface area contributed by atoms with Crippen LogP contribution in [-0.4, -0.2) is 26.9 Å². The summed E-state index contributed by atoms with van der Waals surface area (Å²) in [5.41, 5.74) is 3.75. The van der Waals surface area contributed by atoms with Crippen molar-refractivity contribution in [2.75, 3.05) is 6.54 Å². The molecule has 5 rings (SSSR count). The molecule has 0 unspecified atom stereocenters. The van der Waals surface area contributed by atoms with Crippen LogP contribution in [-0.2, 0) is 6.54 Å². The summed E-state index contributed by atoms with van der Waals surface area (Å²) in [6, 6.07) is 30.4. The lowest BCUT2D eigenvalue weighted by Gasteiger charge is -2.40. The number of carbonyl (C=O) groups is 1. The highest BCUT2D eigenvalue weighted by Gasteiger charge is 2.38. The van der Waals surface area contributed by atoms with Crippen LogP contribution < -0.4 is 0 Å². The highest BCUT2D eigenvalue weighted by atomic mass is 16.2. The maximum atomic E-state index is 14.2. The van der Waals surface area contributed by atoms with Gasteiger partial charge < -0.3 is 9.47 Å². The van der Waals surface area contributed by atoms with Crippen LogP contribution in [0.5, 0.6) is 0 Å². The molecule has 4 aromatic rings. The van der Waals surface area contributed by atoms with E-state index in [-0.39, 0.29) is 17.4 Å². The van der Waals surface area contributed by atoms with Crippen molar-refractivity contribution >= 4 is 5.91 Å². The number of carbonyl (C=O) groups excluding carboxylic acids is 1. The third-order valence-electron chi connectivity index (χ3n) is 7.69. The van der Waals surface area contributed by atoms with Crippen LogP contribution in [0, 0.1) is 11.3 Å². The van der Waals surface area contributed by atoms with Crippen LogP contribution in [0.1, 0.15) is 80.7 Å².